The Balaban J connectivity index is 0.00000113. The van der Waals surface area contributed by atoms with Crippen LogP contribution in [0.15, 0.2) is 47.6 Å². The zero-order chi connectivity index (χ0) is 15.8. The average molecular weight is 544 g/mol. The van der Waals surface area contributed by atoms with Gasteiger partial charge in [-0.3, -0.25) is 0 Å². The minimum atomic E-state index is -0.697. The Hall–Kier alpha value is 0.410. The maximum atomic E-state index is 2.53. The molecule has 3 heteroatoms. The minimum absolute atomic E-state index is 0. The molecule has 0 N–H and O–H groups in total. The van der Waals surface area contributed by atoms with Gasteiger partial charge in [0.15, 0.2) is 0 Å². The molecule has 0 aliphatic heterocycles. The van der Waals surface area contributed by atoms with Gasteiger partial charge in [0.05, 0.1) is 0 Å². The third-order valence-corrected chi connectivity index (χ3v) is 15.2. The van der Waals surface area contributed by atoms with Crippen LogP contribution in [0.25, 0.3) is 0 Å². The number of rotatable bonds is 4. The van der Waals surface area contributed by atoms with Crippen LogP contribution in [0.3, 0.4) is 0 Å². The number of fused-ring (bicyclic) bond motifs is 2. The molecule has 2 saturated carbocycles. The fourth-order valence-electron chi connectivity index (χ4n) is 5.58. The summed E-state index contributed by atoms with van der Waals surface area (Å²) in [5.41, 5.74) is 3.79. The summed E-state index contributed by atoms with van der Waals surface area (Å²) in [6.45, 7) is 4.90. The van der Waals surface area contributed by atoms with E-state index in [2.05, 4.69) is 50.3 Å². The number of hydrogen-bond acceptors (Lipinski definition) is 0. The second-order valence-corrected chi connectivity index (χ2v) is 13.7. The predicted octanol–water partition coefficient (Wildman–Crippen LogP) is 0.519. The Kier molecular flexibility index (Phi) is 8.30. The van der Waals surface area contributed by atoms with E-state index in [1.54, 1.807) is 0 Å². The van der Waals surface area contributed by atoms with Crippen molar-refractivity contribution in [3.63, 3.8) is 0 Å². The van der Waals surface area contributed by atoms with Gasteiger partial charge in [0, 0.05) is 0 Å². The van der Waals surface area contributed by atoms with Gasteiger partial charge >= 0.3 is 154 Å². The van der Waals surface area contributed by atoms with Crippen LogP contribution in [0, 0.1) is 23.7 Å². The summed E-state index contributed by atoms with van der Waals surface area (Å²) in [6, 6.07) is 0. The maximum Gasteiger partial charge on any atom is -1.00 e. The van der Waals surface area contributed by atoms with Crippen LogP contribution in [-0.4, -0.2) is 0 Å². The van der Waals surface area contributed by atoms with Crippen molar-refractivity contribution in [2.24, 2.45) is 23.7 Å². The van der Waals surface area contributed by atoms with E-state index in [1.807, 2.05) is 11.1 Å². The standard InChI is InChI=1S/2C11H15.2ClH.Hf/c2*1-2-9-7-10-5-3-4-6-11(10)8-9;;;/h2*3-5,7,9,11H,2,6,8H2,1H3;2*1H;/q;;;;+2/p-2. The van der Waals surface area contributed by atoms with E-state index in [0.717, 1.165) is 31.0 Å². The first-order chi connectivity index (χ1) is 11.3. The number of hydrogen-bond donors (Lipinski definition) is 0. The van der Waals surface area contributed by atoms with Crippen molar-refractivity contribution in [3.8, 4) is 0 Å². The van der Waals surface area contributed by atoms with Crippen molar-refractivity contribution in [3.05, 3.63) is 47.6 Å². The van der Waals surface area contributed by atoms with Gasteiger partial charge in [-0.1, -0.05) is 0 Å². The molecule has 0 nitrogen and oxygen atoms in total. The summed E-state index contributed by atoms with van der Waals surface area (Å²) >= 11 is -0.697. The summed E-state index contributed by atoms with van der Waals surface area (Å²) in [7, 11) is 0. The Morgan fingerprint density at radius 3 is 1.64 bits per heavy atom. The summed E-state index contributed by atoms with van der Waals surface area (Å²) in [5.74, 6) is 3.87. The molecule has 4 rings (SSSR count). The largest absolute Gasteiger partial charge is 1.00 e. The first-order valence-electron chi connectivity index (χ1n) is 9.81. The Morgan fingerprint density at radius 1 is 0.800 bits per heavy atom. The molecule has 0 radical (unpaired) electrons. The van der Waals surface area contributed by atoms with Gasteiger partial charge in [-0.15, -0.1) is 0 Å². The van der Waals surface area contributed by atoms with Crippen LogP contribution in [-0.2, 0) is 22.9 Å². The van der Waals surface area contributed by atoms with E-state index < -0.39 is 22.9 Å². The molecule has 0 spiro atoms. The smallest absolute Gasteiger partial charge is 1.00 e. The third-order valence-electron chi connectivity index (χ3n) is 6.88. The van der Waals surface area contributed by atoms with Crippen molar-refractivity contribution in [1.82, 2.24) is 0 Å². The fraction of sp³-hybridized carbons (Fsp3) is 0.636. The van der Waals surface area contributed by atoms with Crippen molar-refractivity contribution < 1.29 is 47.7 Å². The fourth-order valence-corrected chi connectivity index (χ4v) is 15.4. The molecule has 0 amide bonds. The van der Waals surface area contributed by atoms with Crippen molar-refractivity contribution >= 4 is 0 Å². The number of halogens is 2. The zero-order valence-electron chi connectivity index (χ0n) is 15.4. The summed E-state index contributed by atoms with van der Waals surface area (Å²) in [6.07, 6.45) is 23.1. The van der Waals surface area contributed by atoms with Crippen LogP contribution in [0.1, 0.15) is 52.4 Å². The van der Waals surface area contributed by atoms with E-state index in [9.17, 15) is 0 Å². The van der Waals surface area contributed by atoms with Gasteiger partial charge < -0.3 is 24.8 Å². The SMILES string of the molecule is CCC1CC2CC=CC=C2[CH]1[Hf+2][CH]1C2=CC=CCC2CC1CC.[Cl-].[Cl-]. The molecule has 0 aromatic rings. The molecule has 136 valence electrons. The maximum absolute atomic E-state index is 2.53. The van der Waals surface area contributed by atoms with Gasteiger partial charge in [0.2, 0.25) is 0 Å². The summed E-state index contributed by atoms with van der Waals surface area (Å²) < 4.78 is 2.11. The monoisotopic (exact) mass is 544 g/mol. The molecule has 2 fully saturated rings. The average Bonchev–Trinajstić information content (AvgIpc) is 3.14. The molecule has 6 atom stereocenters. The van der Waals surface area contributed by atoms with E-state index in [0.29, 0.717) is 0 Å². The van der Waals surface area contributed by atoms with Crippen LogP contribution < -0.4 is 24.8 Å². The van der Waals surface area contributed by atoms with E-state index in [-0.39, 0.29) is 24.8 Å². The quantitative estimate of drug-likeness (QED) is 0.454. The molecule has 0 bridgehead atoms. The van der Waals surface area contributed by atoms with Crippen molar-refractivity contribution in [2.45, 2.75) is 59.7 Å². The molecule has 4 aliphatic carbocycles. The van der Waals surface area contributed by atoms with Gasteiger partial charge in [-0.05, 0) is 0 Å². The van der Waals surface area contributed by atoms with Crippen LogP contribution in [0.4, 0.5) is 0 Å². The first-order valence-corrected chi connectivity index (χ1v) is 14.0. The molecule has 6 unspecified atom stereocenters. The molecule has 0 heterocycles. The second-order valence-electron chi connectivity index (χ2n) is 7.98. The molecule has 25 heavy (non-hydrogen) atoms. The predicted molar refractivity (Wildman–Crippen MR) is 95.0 cm³/mol. The van der Waals surface area contributed by atoms with Crippen molar-refractivity contribution in [1.29, 1.82) is 0 Å². The Bertz CT molecular complexity index is 525. The molecule has 0 aromatic heterocycles. The second kappa shape index (κ2) is 9.56. The molecular weight excluding hydrogens is 514 g/mol. The van der Waals surface area contributed by atoms with Gasteiger partial charge in [0.25, 0.3) is 0 Å². The van der Waals surface area contributed by atoms with E-state index in [4.69, 9.17) is 0 Å². The van der Waals surface area contributed by atoms with E-state index >= 15 is 0 Å². The van der Waals surface area contributed by atoms with Gasteiger partial charge in [0.1, 0.15) is 0 Å². The van der Waals surface area contributed by atoms with Gasteiger partial charge in [-0.2, -0.15) is 0 Å². The summed E-state index contributed by atoms with van der Waals surface area (Å²) in [5, 5.41) is 0. The van der Waals surface area contributed by atoms with Gasteiger partial charge in [-0.25, -0.2) is 0 Å². The topological polar surface area (TPSA) is 0 Å². The third kappa shape index (κ3) is 4.14. The Labute approximate surface area is 177 Å². The molecular formula is C22H30Cl2Hf. The zero-order valence-corrected chi connectivity index (χ0v) is 20.5. The van der Waals surface area contributed by atoms with Crippen LogP contribution in [0.5, 0.6) is 0 Å². The normalized spacial score (nSPS) is 37.8. The summed E-state index contributed by atoms with van der Waals surface area (Å²) in [4.78, 5) is 0. The minimum Gasteiger partial charge on any atom is -1.00 e. The molecule has 0 saturated heterocycles. The number of allylic oxidation sites excluding steroid dienone is 8. The van der Waals surface area contributed by atoms with Crippen LogP contribution in [0.2, 0.25) is 7.35 Å². The van der Waals surface area contributed by atoms with Crippen LogP contribution >= 0.6 is 0 Å². The molecule has 0 aromatic carbocycles. The van der Waals surface area contributed by atoms with E-state index in [1.165, 1.54) is 38.5 Å². The van der Waals surface area contributed by atoms with Crippen molar-refractivity contribution in [2.75, 3.05) is 0 Å². The molecule has 4 aliphatic rings. The first kappa shape index (κ1) is 21.7. The Morgan fingerprint density at radius 2 is 1.24 bits per heavy atom.